The molecule has 1 aliphatic rings. The van der Waals surface area contributed by atoms with Gasteiger partial charge in [-0.05, 0) is 37.3 Å². The van der Waals surface area contributed by atoms with Crippen LogP contribution in [0.4, 0.5) is 11.5 Å². The molecular formula is C19H24N4O. The van der Waals surface area contributed by atoms with Crippen molar-refractivity contribution < 1.29 is 4.79 Å². The summed E-state index contributed by atoms with van der Waals surface area (Å²) >= 11 is 0. The lowest BCUT2D eigenvalue weighted by atomic mass is 10.1. The van der Waals surface area contributed by atoms with E-state index in [0.29, 0.717) is 24.0 Å². The van der Waals surface area contributed by atoms with Crippen LogP contribution >= 0.6 is 0 Å². The molecule has 1 amide bonds. The normalized spacial score (nSPS) is 13.2. The smallest absolute Gasteiger partial charge is 0.277 e. The topological polar surface area (TPSA) is 58.1 Å². The Bertz CT molecular complexity index is 742. The zero-order valence-electron chi connectivity index (χ0n) is 14.5. The number of anilines is 2. The Morgan fingerprint density at radius 2 is 2.08 bits per heavy atom. The third kappa shape index (κ3) is 3.55. The lowest BCUT2D eigenvalue weighted by Crippen LogP contribution is -2.30. The second-order valence-corrected chi connectivity index (χ2v) is 6.63. The average Bonchev–Trinajstić information content (AvgIpc) is 2.97. The van der Waals surface area contributed by atoms with Gasteiger partial charge in [0.15, 0.2) is 0 Å². The summed E-state index contributed by atoms with van der Waals surface area (Å²) in [4.78, 5) is 23.5. The predicted molar refractivity (Wildman–Crippen MR) is 96.5 cm³/mol. The molecule has 2 aromatic rings. The first-order valence-corrected chi connectivity index (χ1v) is 8.54. The molecule has 5 nitrogen and oxygen atoms in total. The summed E-state index contributed by atoms with van der Waals surface area (Å²) in [5.41, 5.74) is 2.66. The third-order valence-corrected chi connectivity index (χ3v) is 4.22. The van der Waals surface area contributed by atoms with Crippen LogP contribution in [0, 0.1) is 12.8 Å². The molecule has 0 saturated carbocycles. The van der Waals surface area contributed by atoms with Crippen LogP contribution < -0.4 is 10.2 Å². The van der Waals surface area contributed by atoms with Gasteiger partial charge in [-0.15, -0.1) is 0 Å². The maximum absolute atomic E-state index is 12.9. The zero-order valence-corrected chi connectivity index (χ0v) is 14.5. The van der Waals surface area contributed by atoms with Gasteiger partial charge < -0.3 is 10.2 Å². The predicted octanol–water partition coefficient (Wildman–Crippen LogP) is 3.45. The number of aromatic nitrogens is 2. The van der Waals surface area contributed by atoms with Crippen LogP contribution in [0.15, 0.2) is 30.3 Å². The van der Waals surface area contributed by atoms with Crippen molar-refractivity contribution in [1.29, 1.82) is 0 Å². The molecule has 0 fully saturated rings. The second-order valence-electron chi connectivity index (χ2n) is 6.63. The van der Waals surface area contributed by atoms with Crippen molar-refractivity contribution in [1.82, 2.24) is 9.97 Å². The van der Waals surface area contributed by atoms with Gasteiger partial charge in [0.25, 0.3) is 5.91 Å². The van der Waals surface area contributed by atoms with E-state index in [0.717, 1.165) is 30.9 Å². The quantitative estimate of drug-likeness (QED) is 0.915. The Morgan fingerprint density at radius 1 is 1.29 bits per heavy atom. The number of benzene rings is 1. The fourth-order valence-electron chi connectivity index (χ4n) is 2.94. The van der Waals surface area contributed by atoms with E-state index in [1.165, 1.54) is 5.56 Å². The molecule has 0 radical (unpaired) electrons. The van der Waals surface area contributed by atoms with Crippen molar-refractivity contribution in [2.75, 3.05) is 23.3 Å². The minimum atomic E-state index is -0.0580. The molecule has 1 aromatic heterocycles. The lowest BCUT2D eigenvalue weighted by Gasteiger charge is -2.17. The Morgan fingerprint density at radius 3 is 2.88 bits per heavy atom. The Hall–Kier alpha value is -2.43. The largest absolute Gasteiger partial charge is 0.370 e. The first kappa shape index (κ1) is 16.4. The number of carbonyl (C=O) groups excluding carboxylic acids is 1. The molecule has 1 aromatic carbocycles. The molecule has 0 atom stereocenters. The van der Waals surface area contributed by atoms with Crippen LogP contribution in [0.5, 0.6) is 0 Å². The van der Waals surface area contributed by atoms with Gasteiger partial charge >= 0.3 is 0 Å². The highest BCUT2D eigenvalue weighted by Gasteiger charge is 2.26. The minimum absolute atomic E-state index is 0.0580. The number of hydrogen-bond donors (Lipinski definition) is 1. The van der Waals surface area contributed by atoms with Gasteiger partial charge in [-0.2, -0.15) is 0 Å². The maximum Gasteiger partial charge on any atom is 0.277 e. The summed E-state index contributed by atoms with van der Waals surface area (Å²) in [6, 6.07) is 9.81. The van der Waals surface area contributed by atoms with E-state index in [4.69, 9.17) is 0 Å². The summed E-state index contributed by atoms with van der Waals surface area (Å²) in [5, 5.41) is 3.30. The zero-order chi connectivity index (χ0) is 17.1. The van der Waals surface area contributed by atoms with E-state index in [9.17, 15) is 4.79 Å². The minimum Gasteiger partial charge on any atom is -0.370 e. The van der Waals surface area contributed by atoms with Crippen molar-refractivity contribution in [3.63, 3.8) is 0 Å². The van der Waals surface area contributed by atoms with Gasteiger partial charge in [-0.25, -0.2) is 9.97 Å². The van der Waals surface area contributed by atoms with E-state index in [2.05, 4.69) is 35.2 Å². The summed E-state index contributed by atoms with van der Waals surface area (Å²) in [6.45, 7) is 7.74. The fourth-order valence-corrected chi connectivity index (χ4v) is 2.94. The SMILES string of the molecule is Cc1nc(NCCC(C)C)cc(C(=O)N2CCc3ccccc32)n1. The van der Waals surface area contributed by atoms with Crippen LogP contribution in [-0.4, -0.2) is 29.0 Å². The number of rotatable bonds is 5. The molecular weight excluding hydrogens is 300 g/mol. The Kier molecular flexibility index (Phi) is 4.79. The monoisotopic (exact) mass is 324 g/mol. The highest BCUT2D eigenvalue weighted by molar-refractivity contribution is 6.06. The number of hydrogen-bond acceptors (Lipinski definition) is 4. The molecule has 5 heteroatoms. The van der Waals surface area contributed by atoms with Crippen LogP contribution in [0.2, 0.25) is 0 Å². The number of nitrogens with zero attached hydrogens (tertiary/aromatic N) is 3. The highest BCUT2D eigenvalue weighted by atomic mass is 16.2. The van der Waals surface area contributed by atoms with E-state index in [1.807, 2.05) is 30.0 Å². The number of amides is 1. The van der Waals surface area contributed by atoms with Gasteiger partial charge in [0.2, 0.25) is 0 Å². The molecule has 2 heterocycles. The first-order chi connectivity index (χ1) is 11.5. The van der Waals surface area contributed by atoms with Crippen molar-refractivity contribution in [3.05, 3.63) is 47.4 Å². The molecule has 0 bridgehead atoms. The molecule has 126 valence electrons. The summed E-state index contributed by atoms with van der Waals surface area (Å²) < 4.78 is 0. The van der Waals surface area contributed by atoms with E-state index in [-0.39, 0.29) is 5.91 Å². The Labute approximate surface area is 143 Å². The van der Waals surface area contributed by atoms with Crippen LogP contribution in [-0.2, 0) is 6.42 Å². The molecule has 24 heavy (non-hydrogen) atoms. The van der Waals surface area contributed by atoms with Gasteiger partial charge in [0.05, 0.1) is 0 Å². The second kappa shape index (κ2) is 6.99. The lowest BCUT2D eigenvalue weighted by molar-refractivity contribution is 0.0984. The standard InChI is InChI=1S/C19H24N4O/c1-13(2)8-10-20-18-12-16(21-14(3)22-18)19(24)23-11-9-15-6-4-5-7-17(15)23/h4-7,12-13H,8-11H2,1-3H3,(H,20,21,22). The third-order valence-electron chi connectivity index (χ3n) is 4.22. The van der Waals surface area contributed by atoms with Crippen LogP contribution in [0.25, 0.3) is 0 Å². The van der Waals surface area contributed by atoms with Crippen molar-refractivity contribution in [3.8, 4) is 0 Å². The summed E-state index contributed by atoms with van der Waals surface area (Å²) in [6.07, 6.45) is 1.96. The van der Waals surface area contributed by atoms with Crippen molar-refractivity contribution in [2.24, 2.45) is 5.92 Å². The van der Waals surface area contributed by atoms with Gasteiger partial charge in [-0.1, -0.05) is 32.0 Å². The number of para-hydroxylation sites is 1. The first-order valence-electron chi connectivity index (χ1n) is 8.54. The van der Waals surface area contributed by atoms with Gasteiger partial charge in [0.1, 0.15) is 17.3 Å². The number of aryl methyl sites for hydroxylation is 1. The van der Waals surface area contributed by atoms with Crippen molar-refractivity contribution in [2.45, 2.75) is 33.6 Å². The Balaban J connectivity index is 1.79. The van der Waals surface area contributed by atoms with E-state index in [1.54, 1.807) is 6.07 Å². The number of carbonyl (C=O) groups is 1. The van der Waals surface area contributed by atoms with Gasteiger partial charge in [0, 0.05) is 24.8 Å². The maximum atomic E-state index is 12.9. The number of fused-ring (bicyclic) bond motifs is 1. The highest BCUT2D eigenvalue weighted by Crippen LogP contribution is 2.28. The molecule has 0 aliphatic carbocycles. The van der Waals surface area contributed by atoms with E-state index >= 15 is 0 Å². The average molecular weight is 324 g/mol. The summed E-state index contributed by atoms with van der Waals surface area (Å²) in [5.74, 6) is 1.90. The molecule has 0 saturated heterocycles. The van der Waals surface area contributed by atoms with Crippen molar-refractivity contribution >= 4 is 17.4 Å². The van der Waals surface area contributed by atoms with Gasteiger partial charge in [-0.3, -0.25) is 4.79 Å². The van der Waals surface area contributed by atoms with Crippen LogP contribution in [0.1, 0.15) is 42.1 Å². The molecule has 0 spiro atoms. The molecule has 1 aliphatic heterocycles. The van der Waals surface area contributed by atoms with E-state index < -0.39 is 0 Å². The molecule has 3 rings (SSSR count). The fraction of sp³-hybridized carbons (Fsp3) is 0.421. The molecule has 1 N–H and O–H groups in total. The van der Waals surface area contributed by atoms with Crippen LogP contribution in [0.3, 0.4) is 0 Å². The molecule has 0 unspecified atom stereocenters. The summed E-state index contributed by atoms with van der Waals surface area (Å²) in [7, 11) is 0. The number of nitrogens with one attached hydrogen (secondary N) is 1.